The Balaban J connectivity index is 2.02. The molecule has 1 heterocycles. The molecule has 0 saturated carbocycles. The van der Waals surface area contributed by atoms with Gasteiger partial charge in [0.2, 0.25) is 11.8 Å². The molecule has 0 spiro atoms. The van der Waals surface area contributed by atoms with Crippen molar-refractivity contribution < 1.29 is 18.7 Å². The number of aromatic nitrogens is 2. The molecule has 30 heavy (non-hydrogen) atoms. The van der Waals surface area contributed by atoms with E-state index in [4.69, 9.17) is 4.74 Å². The molecule has 0 radical (unpaired) electrons. The van der Waals surface area contributed by atoms with Gasteiger partial charge in [-0.3, -0.25) is 9.59 Å². The number of nitrogens with one attached hydrogen (secondary N) is 2. The number of amides is 2. The number of carbonyl (C=O) groups excluding carboxylic acids is 2. The van der Waals surface area contributed by atoms with Gasteiger partial charge in [0, 0.05) is 19.4 Å². The van der Waals surface area contributed by atoms with E-state index in [0.29, 0.717) is 28.2 Å². The van der Waals surface area contributed by atoms with E-state index in [1.54, 1.807) is 23.7 Å². The summed E-state index contributed by atoms with van der Waals surface area (Å²) < 4.78 is 20.9. The van der Waals surface area contributed by atoms with Crippen molar-refractivity contribution in [3.63, 3.8) is 0 Å². The molecule has 1 aromatic heterocycles. The van der Waals surface area contributed by atoms with Crippen LogP contribution >= 0.6 is 0 Å². The third-order valence-corrected chi connectivity index (χ3v) is 4.30. The van der Waals surface area contributed by atoms with Crippen molar-refractivity contribution in [1.82, 2.24) is 15.1 Å². The maximum Gasteiger partial charge on any atom is 0.227 e. The summed E-state index contributed by atoms with van der Waals surface area (Å²) in [6, 6.07) is 11.1. The molecular weight excluding hydrogens is 387 g/mol. The molecule has 0 fully saturated rings. The highest BCUT2D eigenvalue weighted by Crippen LogP contribution is 2.34. The Morgan fingerprint density at radius 1 is 1.13 bits per heavy atom. The van der Waals surface area contributed by atoms with Crippen molar-refractivity contribution in [2.45, 2.75) is 46.3 Å². The predicted molar refractivity (Wildman–Crippen MR) is 113 cm³/mol. The maximum atomic E-state index is 13.4. The average molecular weight is 412 g/mol. The number of nitrogens with zero attached hydrogens (tertiary/aromatic N) is 2. The lowest BCUT2D eigenvalue weighted by atomic mass is 10.2. The second-order valence-electron chi connectivity index (χ2n) is 7.41. The van der Waals surface area contributed by atoms with Gasteiger partial charge >= 0.3 is 0 Å². The number of benzene rings is 2. The van der Waals surface area contributed by atoms with Gasteiger partial charge in [-0.1, -0.05) is 6.07 Å². The monoisotopic (exact) mass is 412 g/mol. The van der Waals surface area contributed by atoms with E-state index in [1.165, 1.54) is 19.1 Å². The van der Waals surface area contributed by atoms with Crippen molar-refractivity contribution in [2.24, 2.45) is 0 Å². The molecule has 3 aromatic rings. The quantitative estimate of drug-likeness (QED) is 0.618. The number of carbonyl (C=O) groups is 2. The number of ether oxygens (including phenoxy) is 1. The first-order chi connectivity index (χ1) is 14.2. The fourth-order valence-corrected chi connectivity index (χ4v) is 3.22. The van der Waals surface area contributed by atoms with Crippen LogP contribution in [0.5, 0.6) is 5.75 Å². The van der Waals surface area contributed by atoms with Crippen LogP contribution in [0.15, 0.2) is 42.5 Å². The predicted octanol–water partition coefficient (Wildman–Crippen LogP) is 3.81. The second-order valence-corrected chi connectivity index (χ2v) is 7.41. The number of fused-ring (bicyclic) bond motifs is 1. The highest BCUT2D eigenvalue weighted by atomic mass is 19.1. The van der Waals surface area contributed by atoms with E-state index in [1.807, 2.05) is 32.0 Å². The Labute approximate surface area is 174 Å². The Bertz CT molecular complexity index is 1060. The Kier molecular flexibility index (Phi) is 6.34. The van der Waals surface area contributed by atoms with E-state index in [9.17, 15) is 14.0 Å². The Morgan fingerprint density at radius 2 is 1.83 bits per heavy atom. The third-order valence-electron chi connectivity index (χ3n) is 4.30. The van der Waals surface area contributed by atoms with E-state index < -0.39 is 0 Å². The summed E-state index contributed by atoms with van der Waals surface area (Å²) in [7, 11) is 0. The summed E-state index contributed by atoms with van der Waals surface area (Å²) in [6.07, 6.45) is 0.0191. The number of rotatable bonds is 7. The molecule has 3 rings (SSSR count). The molecule has 2 N–H and O–H groups in total. The highest BCUT2D eigenvalue weighted by molar-refractivity contribution is 6.03. The van der Waals surface area contributed by atoms with Gasteiger partial charge in [-0.15, -0.1) is 5.10 Å². The van der Waals surface area contributed by atoms with Gasteiger partial charge in [-0.05, 0) is 57.2 Å². The fraction of sp³-hybridized carbons (Fsp3) is 0.318. The van der Waals surface area contributed by atoms with Crippen LogP contribution in [0.25, 0.3) is 16.6 Å². The van der Waals surface area contributed by atoms with Crippen LogP contribution in [0.3, 0.4) is 0 Å². The molecule has 0 aliphatic heterocycles. The minimum atomic E-state index is -0.348. The van der Waals surface area contributed by atoms with Crippen LogP contribution in [-0.4, -0.2) is 33.7 Å². The van der Waals surface area contributed by atoms with Gasteiger partial charge in [-0.2, -0.15) is 0 Å². The van der Waals surface area contributed by atoms with Gasteiger partial charge < -0.3 is 15.4 Å². The molecule has 8 heteroatoms. The van der Waals surface area contributed by atoms with Gasteiger partial charge in [0.15, 0.2) is 5.82 Å². The van der Waals surface area contributed by atoms with Crippen molar-refractivity contribution in [3.05, 3.63) is 48.3 Å². The summed E-state index contributed by atoms with van der Waals surface area (Å²) in [5.74, 6) is 0.0846. The van der Waals surface area contributed by atoms with Crippen molar-refractivity contribution in [1.29, 1.82) is 0 Å². The molecule has 0 aliphatic carbocycles. The second kappa shape index (κ2) is 8.94. The van der Waals surface area contributed by atoms with E-state index >= 15 is 0 Å². The lowest BCUT2D eigenvalue weighted by Crippen LogP contribution is -2.33. The fourth-order valence-electron chi connectivity index (χ4n) is 3.22. The maximum absolute atomic E-state index is 13.4. The van der Waals surface area contributed by atoms with E-state index in [-0.39, 0.29) is 36.2 Å². The molecule has 0 saturated heterocycles. The van der Waals surface area contributed by atoms with Crippen LogP contribution in [0.2, 0.25) is 0 Å². The Hall–Kier alpha value is -3.42. The largest absolute Gasteiger partial charge is 0.490 e. The first-order valence-electron chi connectivity index (χ1n) is 9.76. The van der Waals surface area contributed by atoms with Crippen LogP contribution < -0.4 is 15.4 Å². The summed E-state index contributed by atoms with van der Waals surface area (Å²) in [5, 5.41) is 10.7. The molecule has 7 nitrogen and oxygen atoms in total. The van der Waals surface area contributed by atoms with Gasteiger partial charge in [0.1, 0.15) is 11.6 Å². The average Bonchev–Trinajstić information content (AvgIpc) is 3.00. The first kappa shape index (κ1) is 21.3. The zero-order valence-corrected chi connectivity index (χ0v) is 17.4. The molecule has 158 valence electrons. The topological polar surface area (TPSA) is 85.3 Å². The zero-order chi connectivity index (χ0) is 21.8. The van der Waals surface area contributed by atoms with Crippen molar-refractivity contribution in [3.8, 4) is 11.4 Å². The van der Waals surface area contributed by atoms with Crippen molar-refractivity contribution in [2.75, 3.05) is 5.32 Å². The number of hydrogen-bond acceptors (Lipinski definition) is 4. The van der Waals surface area contributed by atoms with Crippen molar-refractivity contribution >= 4 is 28.5 Å². The molecule has 2 amide bonds. The number of anilines is 1. The summed E-state index contributed by atoms with van der Waals surface area (Å²) in [5.41, 5.74) is 1.36. The highest BCUT2D eigenvalue weighted by Gasteiger charge is 2.20. The molecular formula is C22H25FN4O3. The third kappa shape index (κ3) is 4.94. The van der Waals surface area contributed by atoms with Gasteiger partial charge in [-0.25, -0.2) is 9.07 Å². The summed E-state index contributed by atoms with van der Waals surface area (Å²) in [6.45, 7) is 6.98. The standard InChI is InChI=1S/C22H25FN4O3/c1-13(2)30-19-7-5-6-18-21(19)22(25-20(29)12-14(3)24-15(4)28)26-27(18)17-10-8-16(23)9-11-17/h5-11,13-14H,12H2,1-4H3,(H,24,28)(H,25,26,29). The Morgan fingerprint density at radius 3 is 2.47 bits per heavy atom. The van der Waals surface area contributed by atoms with Crippen LogP contribution in [-0.2, 0) is 9.59 Å². The van der Waals surface area contributed by atoms with Crippen LogP contribution in [0.1, 0.15) is 34.1 Å². The molecule has 1 atom stereocenters. The summed E-state index contributed by atoms with van der Waals surface area (Å²) in [4.78, 5) is 23.8. The first-order valence-corrected chi connectivity index (χ1v) is 9.76. The normalized spacial score (nSPS) is 12.1. The zero-order valence-electron chi connectivity index (χ0n) is 17.4. The van der Waals surface area contributed by atoms with Gasteiger partial charge in [0.05, 0.1) is 22.7 Å². The minimum absolute atomic E-state index is 0.0758. The van der Waals surface area contributed by atoms with Gasteiger partial charge in [0.25, 0.3) is 0 Å². The number of halogens is 1. The lowest BCUT2D eigenvalue weighted by molar-refractivity contribution is -0.120. The van der Waals surface area contributed by atoms with Crippen LogP contribution in [0, 0.1) is 5.82 Å². The van der Waals surface area contributed by atoms with E-state index in [0.717, 1.165) is 0 Å². The van der Waals surface area contributed by atoms with Crippen LogP contribution in [0.4, 0.5) is 10.2 Å². The minimum Gasteiger partial charge on any atom is -0.490 e. The smallest absolute Gasteiger partial charge is 0.227 e. The number of hydrogen-bond donors (Lipinski definition) is 2. The summed E-state index contributed by atoms with van der Waals surface area (Å²) >= 11 is 0. The molecule has 1 unspecified atom stereocenters. The lowest BCUT2D eigenvalue weighted by Gasteiger charge is -2.13. The SMILES string of the molecule is CC(=O)NC(C)CC(=O)Nc1nn(-c2ccc(F)cc2)c2cccc(OC(C)C)c12. The van der Waals surface area contributed by atoms with E-state index in [2.05, 4.69) is 15.7 Å². The molecule has 0 aliphatic rings. The molecule has 0 bridgehead atoms. The molecule has 2 aromatic carbocycles.